The van der Waals surface area contributed by atoms with Crippen molar-refractivity contribution in [1.29, 1.82) is 5.26 Å². The van der Waals surface area contributed by atoms with Crippen molar-refractivity contribution in [1.82, 2.24) is 9.55 Å². The largest absolute Gasteiger partial charge is 0.486 e. The third-order valence-electron chi connectivity index (χ3n) is 4.23. The molecule has 25 heavy (non-hydrogen) atoms. The number of hydrogen-bond donors (Lipinski definition) is 0. The Morgan fingerprint density at radius 2 is 1.96 bits per heavy atom. The maximum Gasteiger partial charge on any atom is 0.163 e. The lowest BCUT2D eigenvalue weighted by Gasteiger charge is -2.18. The first-order valence-corrected chi connectivity index (χ1v) is 8.06. The van der Waals surface area contributed by atoms with E-state index in [9.17, 15) is 5.26 Å². The molecule has 0 radical (unpaired) electrons. The highest BCUT2D eigenvalue weighted by molar-refractivity contribution is 5.81. The maximum atomic E-state index is 9.35. The van der Waals surface area contributed by atoms with Crippen LogP contribution >= 0.6 is 0 Å². The Kier molecular flexibility index (Phi) is 4.00. The van der Waals surface area contributed by atoms with Crippen molar-refractivity contribution < 1.29 is 14.2 Å². The van der Waals surface area contributed by atoms with Crippen LogP contribution < -0.4 is 9.47 Å². The molecule has 0 atom stereocenters. The van der Waals surface area contributed by atoms with Gasteiger partial charge in [-0.1, -0.05) is 18.2 Å². The van der Waals surface area contributed by atoms with Crippen molar-refractivity contribution in [3.63, 3.8) is 0 Å². The first-order valence-electron chi connectivity index (χ1n) is 8.06. The monoisotopic (exact) mass is 335 g/mol. The highest BCUT2D eigenvalue weighted by Gasteiger charge is 2.18. The molecule has 4 rings (SSSR count). The van der Waals surface area contributed by atoms with Gasteiger partial charge in [0, 0.05) is 19.2 Å². The number of rotatable bonds is 4. The summed E-state index contributed by atoms with van der Waals surface area (Å²) in [6.07, 6.45) is 0. The second kappa shape index (κ2) is 6.46. The lowest BCUT2D eigenvalue weighted by molar-refractivity contribution is 0.172. The van der Waals surface area contributed by atoms with Crippen molar-refractivity contribution in [3.05, 3.63) is 53.3 Å². The number of benzene rings is 2. The molecule has 126 valence electrons. The van der Waals surface area contributed by atoms with E-state index < -0.39 is 0 Å². The van der Waals surface area contributed by atoms with Gasteiger partial charge in [-0.25, -0.2) is 4.98 Å². The zero-order valence-electron chi connectivity index (χ0n) is 13.9. The Balaban J connectivity index is 1.85. The average Bonchev–Trinajstić information content (AvgIpc) is 2.97. The molecule has 0 amide bonds. The highest BCUT2D eigenvalue weighted by Crippen LogP contribution is 2.35. The topological polar surface area (TPSA) is 69.3 Å². The van der Waals surface area contributed by atoms with Crippen LogP contribution in [0.15, 0.2) is 36.4 Å². The maximum absolute atomic E-state index is 9.35. The predicted octanol–water partition coefficient (Wildman–Crippen LogP) is 2.87. The van der Waals surface area contributed by atoms with E-state index in [0.29, 0.717) is 37.7 Å². The summed E-state index contributed by atoms with van der Waals surface area (Å²) in [5.41, 5.74) is 3.36. The summed E-state index contributed by atoms with van der Waals surface area (Å²) < 4.78 is 18.7. The van der Waals surface area contributed by atoms with Crippen LogP contribution in [0.2, 0.25) is 0 Å². The van der Waals surface area contributed by atoms with E-state index in [1.54, 1.807) is 7.11 Å². The molecule has 0 fully saturated rings. The van der Waals surface area contributed by atoms with Gasteiger partial charge in [0.15, 0.2) is 11.5 Å². The lowest BCUT2D eigenvalue weighted by Crippen LogP contribution is -2.15. The molecule has 1 aliphatic heterocycles. The molecule has 0 spiro atoms. The van der Waals surface area contributed by atoms with Crippen LogP contribution in [0.1, 0.15) is 17.0 Å². The molecule has 6 nitrogen and oxygen atoms in total. The zero-order chi connectivity index (χ0) is 17.2. The number of methoxy groups -OCH3 is 1. The van der Waals surface area contributed by atoms with Crippen LogP contribution in [0, 0.1) is 11.3 Å². The van der Waals surface area contributed by atoms with Crippen molar-refractivity contribution in [2.75, 3.05) is 20.3 Å². The number of aromatic nitrogens is 2. The van der Waals surface area contributed by atoms with Gasteiger partial charge in [0.05, 0.1) is 29.2 Å². The number of fused-ring (bicyclic) bond motifs is 2. The van der Waals surface area contributed by atoms with Gasteiger partial charge in [0.25, 0.3) is 0 Å². The molecule has 0 aliphatic carbocycles. The van der Waals surface area contributed by atoms with E-state index in [1.807, 2.05) is 36.4 Å². The first kappa shape index (κ1) is 15.5. The van der Waals surface area contributed by atoms with E-state index in [4.69, 9.17) is 14.2 Å². The second-order valence-corrected chi connectivity index (χ2v) is 5.80. The first-order chi connectivity index (χ1) is 12.3. The lowest BCUT2D eigenvalue weighted by atomic mass is 10.1. The fourth-order valence-electron chi connectivity index (χ4n) is 3.06. The smallest absolute Gasteiger partial charge is 0.163 e. The van der Waals surface area contributed by atoms with Crippen LogP contribution in [0.5, 0.6) is 11.5 Å². The fraction of sp³-hybridized carbons (Fsp3) is 0.263. The van der Waals surface area contributed by atoms with Crippen LogP contribution in [-0.4, -0.2) is 29.9 Å². The summed E-state index contributed by atoms with van der Waals surface area (Å²) in [7, 11) is 1.64. The molecular formula is C19H17N3O3. The molecule has 0 bridgehead atoms. The molecular weight excluding hydrogens is 318 g/mol. The second-order valence-electron chi connectivity index (χ2n) is 5.80. The van der Waals surface area contributed by atoms with E-state index in [1.165, 1.54) is 0 Å². The third-order valence-corrected chi connectivity index (χ3v) is 4.23. The molecule has 0 unspecified atom stereocenters. The van der Waals surface area contributed by atoms with E-state index in [-0.39, 0.29) is 0 Å². The van der Waals surface area contributed by atoms with Crippen LogP contribution in [0.25, 0.3) is 11.0 Å². The Morgan fingerprint density at radius 1 is 1.20 bits per heavy atom. The number of nitriles is 1. The van der Waals surface area contributed by atoms with Gasteiger partial charge in [-0.05, 0) is 11.6 Å². The van der Waals surface area contributed by atoms with Crippen molar-refractivity contribution in [3.8, 4) is 17.6 Å². The Bertz CT molecular complexity index is 972. The van der Waals surface area contributed by atoms with E-state index >= 15 is 0 Å². The summed E-state index contributed by atoms with van der Waals surface area (Å²) in [5, 5.41) is 9.35. The van der Waals surface area contributed by atoms with Gasteiger partial charge in [-0.3, -0.25) is 0 Å². The van der Waals surface area contributed by atoms with Gasteiger partial charge >= 0.3 is 0 Å². The van der Waals surface area contributed by atoms with Crippen molar-refractivity contribution in [2.24, 2.45) is 0 Å². The van der Waals surface area contributed by atoms with Crippen molar-refractivity contribution >= 4 is 11.0 Å². The van der Waals surface area contributed by atoms with E-state index in [0.717, 1.165) is 28.2 Å². The molecule has 2 heterocycles. The highest BCUT2D eigenvalue weighted by atomic mass is 16.6. The number of nitrogens with zero attached hydrogens (tertiary/aromatic N) is 3. The molecule has 0 saturated heterocycles. The Labute approximate surface area is 145 Å². The minimum Gasteiger partial charge on any atom is -0.486 e. The van der Waals surface area contributed by atoms with Gasteiger partial charge in [0.2, 0.25) is 0 Å². The van der Waals surface area contributed by atoms with Crippen LogP contribution in [0.3, 0.4) is 0 Å². The van der Waals surface area contributed by atoms with Gasteiger partial charge in [-0.15, -0.1) is 0 Å². The number of hydrogen-bond acceptors (Lipinski definition) is 5. The molecule has 2 aromatic carbocycles. The third kappa shape index (κ3) is 2.79. The summed E-state index contributed by atoms with van der Waals surface area (Å²) in [6.45, 7) is 2.00. The number of ether oxygens (including phenoxy) is 3. The summed E-state index contributed by atoms with van der Waals surface area (Å²) in [4.78, 5) is 4.68. The van der Waals surface area contributed by atoms with Gasteiger partial charge in [0.1, 0.15) is 25.6 Å². The standard InChI is InChI=1S/C19H17N3O3/c1-23-12-19-21-15-8-17-18(25-7-6-24-17)9-16(15)22(19)11-14-5-3-2-4-13(14)10-20/h2-5,8-9H,6-7,11-12H2,1H3. The molecule has 0 saturated carbocycles. The molecule has 6 heteroatoms. The van der Waals surface area contributed by atoms with Gasteiger partial charge < -0.3 is 18.8 Å². The van der Waals surface area contributed by atoms with E-state index in [2.05, 4.69) is 15.6 Å². The SMILES string of the molecule is COCc1nc2cc3c(cc2n1Cc1ccccc1C#N)OCCO3. The van der Waals surface area contributed by atoms with Crippen LogP contribution in [0.4, 0.5) is 0 Å². The molecule has 3 aromatic rings. The fourth-order valence-corrected chi connectivity index (χ4v) is 3.06. The Morgan fingerprint density at radius 3 is 2.72 bits per heavy atom. The summed E-state index contributed by atoms with van der Waals surface area (Å²) in [6, 6.07) is 13.7. The quantitative estimate of drug-likeness (QED) is 0.733. The molecule has 1 aromatic heterocycles. The Hall–Kier alpha value is -3.04. The normalized spacial score (nSPS) is 13.0. The minimum atomic E-state index is 0.385. The minimum absolute atomic E-state index is 0.385. The average molecular weight is 335 g/mol. The van der Waals surface area contributed by atoms with Crippen molar-refractivity contribution in [2.45, 2.75) is 13.2 Å². The molecule has 0 N–H and O–H groups in total. The number of imidazole rings is 1. The summed E-state index contributed by atoms with van der Waals surface area (Å²) >= 11 is 0. The predicted molar refractivity (Wildman–Crippen MR) is 91.7 cm³/mol. The summed E-state index contributed by atoms with van der Waals surface area (Å²) in [5.74, 6) is 2.23. The van der Waals surface area contributed by atoms with Crippen LogP contribution in [-0.2, 0) is 17.9 Å². The van der Waals surface area contributed by atoms with Gasteiger partial charge in [-0.2, -0.15) is 5.26 Å². The zero-order valence-corrected chi connectivity index (χ0v) is 13.9. The molecule has 1 aliphatic rings.